The number of nitrogens with zero attached hydrogens (tertiary/aromatic N) is 3. The van der Waals surface area contributed by atoms with Crippen molar-refractivity contribution < 1.29 is 9.26 Å². The predicted molar refractivity (Wildman–Crippen MR) is 67.5 cm³/mol. The molecule has 0 aromatic carbocycles. The number of rotatable bonds is 3. The van der Waals surface area contributed by atoms with E-state index in [1.807, 2.05) is 19.1 Å². The summed E-state index contributed by atoms with van der Waals surface area (Å²) in [5.41, 5.74) is 1.07. The number of pyridine rings is 1. The first-order chi connectivity index (χ1) is 9.33. The van der Waals surface area contributed by atoms with E-state index in [4.69, 9.17) is 9.26 Å². The molecule has 0 spiro atoms. The molecule has 19 heavy (non-hydrogen) atoms. The molecule has 2 aromatic rings. The van der Waals surface area contributed by atoms with E-state index >= 15 is 0 Å². The van der Waals surface area contributed by atoms with Gasteiger partial charge < -0.3 is 14.6 Å². The molecular formula is C13H16N4O2. The van der Waals surface area contributed by atoms with Gasteiger partial charge in [-0.15, -0.1) is 0 Å². The molecule has 0 saturated carbocycles. The minimum absolute atomic E-state index is 0.0242. The van der Waals surface area contributed by atoms with Crippen molar-refractivity contribution in [3.63, 3.8) is 0 Å². The second kappa shape index (κ2) is 5.46. The molecule has 0 bridgehead atoms. The summed E-state index contributed by atoms with van der Waals surface area (Å²) in [6.45, 7) is 3.52. The fraction of sp³-hybridized carbons (Fsp3) is 0.462. The summed E-state index contributed by atoms with van der Waals surface area (Å²) >= 11 is 0. The zero-order valence-electron chi connectivity index (χ0n) is 10.7. The Morgan fingerprint density at radius 1 is 1.47 bits per heavy atom. The molecular weight excluding hydrogens is 244 g/mol. The van der Waals surface area contributed by atoms with Crippen molar-refractivity contribution in [2.45, 2.75) is 25.5 Å². The van der Waals surface area contributed by atoms with Gasteiger partial charge in [0.25, 0.3) is 0 Å². The lowest BCUT2D eigenvalue weighted by molar-refractivity contribution is -0.00136. The number of hydrogen-bond donors (Lipinski definition) is 1. The summed E-state index contributed by atoms with van der Waals surface area (Å²) in [4.78, 5) is 8.50. The Kier molecular flexibility index (Phi) is 3.52. The van der Waals surface area contributed by atoms with Crippen LogP contribution in [-0.2, 0) is 11.2 Å². The first-order valence-electron chi connectivity index (χ1n) is 6.39. The van der Waals surface area contributed by atoms with Crippen molar-refractivity contribution >= 4 is 0 Å². The van der Waals surface area contributed by atoms with Crippen molar-refractivity contribution in [2.24, 2.45) is 0 Å². The highest BCUT2D eigenvalue weighted by Gasteiger charge is 2.28. The van der Waals surface area contributed by atoms with Gasteiger partial charge in [-0.1, -0.05) is 11.2 Å². The van der Waals surface area contributed by atoms with Gasteiger partial charge in [0, 0.05) is 25.4 Å². The zero-order valence-corrected chi connectivity index (χ0v) is 10.7. The Morgan fingerprint density at radius 3 is 3.21 bits per heavy atom. The third-order valence-corrected chi connectivity index (χ3v) is 3.15. The van der Waals surface area contributed by atoms with Crippen LogP contribution in [0.4, 0.5) is 0 Å². The second-order valence-electron chi connectivity index (χ2n) is 4.59. The number of aromatic nitrogens is 3. The topological polar surface area (TPSA) is 73.1 Å². The molecule has 3 heterocycles. The molecule has 2 aromatic heterocycles. The van der Waals surface area contributed by atoms with E-state index in [9.17, 15) is 0 Å². The Balaban J connectivity index is 1.72. The Morgan fingerprint density at radius 2 is 2.42 bits per heavy atom. The first-order valence-corrected chi connectivity index (χ1v) is 6.39. The standard InChI is InChI=1S/C13H16N4O2/c1-9-12(15-5-6-18-9)13-16-11(17-19-13)7-10-3-2-4-14-8-10/h2-4,8-9,12,15H,5-7H2,1H3/t9-,12+/m1/s1. The van der Waals surface area contributed by atoms with Gasteiger partial charge in [0.15, 0.2) is 5.82 Å². The average Bonchev–Trinajstić information content (AvgIpc) is 2.89. The smallest absolute Gasteiger partial charge is 0.246 e. The molecule has 1 fully saturated rings. The van der Waals surface area contributed by atoms with Gasteiger partial charge in [0.2, 0.25) is 5.89 Å². The summed E-state index contributed by atoms with van der Waals surface area (Å²) in [6, 6.07) is 3.87. The SMILES string of the molecule is C[C@H]1OCCN[C@@H]1c1nc(Cc2cccnc2)no1. The van der Waals surface area contributed by atoms with E-state index in [-0.39, 0.29) is 12.1 Å². The number of hydrogen-bond acceptors (Lipinski definition) is 6. The molecule has 0 aliphatic carbocycles. The third kappa shape index (κ3) is 2.80. The average molecular weight is 260 g/mol. The van der Waals surface area contributed by atoms with E-state index < -0.39 is 0 Å². The predicted octanol–water partition coefficient (Wildman–Crippen LogP) is 1.10. The van der Waals surface area contributed by atoms with Gasteiger partial charge in [-0.25, -0.2) is 0 Å². The minimum Gasteiger partial charge on any atom is -0.375 e. The van der Waals surface area contributed by atoms with Gasteiger partial charge in [-0.05, 0) is 18.6 Å². The Bertz CT molecular complexity index is 528. The maximum atomic E-state index is 5.57. The maximum absolute atomic E-state index is 5.57. The van der Waals surface area contributed by atoms with Crippen molar-refractivity contribution in [2.75, 3.05) is 13.2 Å². The quantitative estimate of drug-likeness (QED) is 0.891. The van der Waals surface area contributed by atoms with Gasteiger partial charge in [0.05, 0.1) is 12.7 Å². The van der Waals surface area contributed by atoms with Crippen LogP contribution in [0.2, 0.25) is 0 Å². The molecule has 6 nitrogen and oxygen atoms in total. The molecule has 6 heteroatoms. The number of nitrogens with one attached hydrogen (secondary N) is 1. The number of ether oxygens (including phenoxy) is 1. The molecule has 0 unspecified atom stereocenters. The van der Waals surface area contributed by atoms with E-state index in [1.54, 1.807) is 12.4 Å². The molecule has 0 amide bonds. The van der Waals surface area contributed by atoms with Crippen molar-refractivity contribution in [3.8, 4) is 0 Å². The molecule has 1 aliphatic heterocycles. The van der Waals surface area contributed by atoms with Crippen molar-refractivity contribution in [3.05, 3.63) is 41.8 Å². The second-order valence-corrected chi connectivity index (χ2v) is 4.59. The van der Waals surface area contributed by atoms with Gasteiger partial charge >= 0.3 is 0 Å². The lowest BCUT2D eigenvalue weighted by atomic mass is 10.1. The van der Waals surface area contributed by atoms with Crippen LogP contribution in [0.25, 0.3) is 0 Å². The fourth-order valence-corrected chi connectivity index (χ4v) is 2.16. The lowest BCUT2D eigenvalue weighted by Crippen LogP contribution is -2.40. The molecule has 1 N–H and O–H groups in total. The van der Waals surface area contributed by atoms with E-state index in [1.165, 1.54) is 0 Å². The third-order valence-electron chi connectivity index (χ3n) is 3.15. The van der Waals surface area contributed by atoms with E-state index in [0.717, 1.165) is 12.1 Å². The summed E-state index contributed by atoms with van der Waals surface area (Å²) in [5, 5.41) is 7.34. The Labute approximate surface area is 111 Å². The van der Waals surface area contributed by atoms with Crippen LogP contribution in [0.3, 0.4) is 0 Å². The van der Waals surface area contributed by atoms with Crippen LogP contribution in [-0.4, -0.2) is 34.4 Å². The highest BCUT2D eigenvalue weighted by molar-refractivity contribution is 5.14. The summed E-state index contributed by atoms with van der Waals surface area (Å²) < 4.78 is 10.9. The van der Waals surface area contributed by atoms with E-state index in [2.05, 4.69) is 20.4 Å². The maximum Gasteiger partial charge on any atom is 0.246 e. The molecule has 100 valence electrons. The highest BCUT2D eigenvalue weighted by atomic mass is 16.5. The largest absolute Gasteiger partial charge is 0.375 e. The van der Waals surface area contributed by atoms with Crippen LogP contribution in [0.15, 0.2) is 29.0 Å². The van der Waals surface area contributed by atoms with Crippen LogP contribution < -0.4 is 5.32 Å². The van der Waals surface area contributed by atoms with Gasteiger partial charge in [0.1, 0.15) is 6.04 Å². The summed E-state index contributed by atoms with van der Waals surface area (Å²) in [6.07, 6.45) is 4.22. The zero-order chi connectivity index (χ0) is 13.1. The van der Waals surface area contributed by atoms with Crippen LogP contribution in [0, 0.1) is 0 Å². The molecule has 3 rings (SSSR count). The normalized spacial score (nSPS) is 23.4. The number of morpholine rings is 1. The summed E-state index contributed by atoms with van der Waals surface area (Å²) in [5.74, 6) is 1.26. The van der Waals surface area contributed by atoms with Crippen LogP contribution in [0.5, 0.6) is 0 Å². The molecule has 2 atom stereocenters. The van der Waals surface area contributed by atoms with Gasteiger partial charge in [-0.2, -0.15) is 4.98 Å². The molecule has 1 aliphatic rings. The molecule has 0 radical (unpaired) electrons. The van der Waals surface area contributed by atoms with E-state index in [0.29, 0.717) is 24.7 Å². The molecule has 1 saturated heterocycles. The summed E-state index contributed by atoms with van der Waals surface area (Å²) in [7, 11) is 0. The van der Waals surface area contributed by atoms with Crippen molar-refractivity contribution in [1.82, 2.24) is 20.4 Å². The van der Waals surface area contributed by atoms with Crippen LogP contribution in [0.1, 0.15) is 30.2 Å². The first kappa shape index (κ1) is 12.3. The van der Waals surface area contributed by atoms with Crippen molar-refractivity contribution in [1.29, 1.82) is 0 Å². The minimum atomic E-state index is -0.0242. The lowest BCUT2D eigenvalue weighted by Gasteiger charge is -2.27. The monoisotopic (exact) mass is 260 g/mol. The highest BCUT2D eigenvalue weighted by Crippen LogP contribution is 2.20. The van der Waals surface area contributed by atoms with Gasteiger partial charge in [-0.3, -0.25) is 4.98 Å². The van der Waals surface area contributed by atoms with Crippen LogP contribution >= 0.6 is 0 Å². The fourth-order valence-electron chi connectivity index (χ4n) is 2.16. The Hall–Kier alpha value is -1.79.